The van der Waals surface area contributed by atoms with Crippen LogP contribution >= 0.6 is 0 Å². The van der Waals surface area contributed by atoms with Crippen molar-refractivity contribution in [3.8, 4) is 5.75 Å². The van der Waals surface area contributed by atoms with Crippen LogP contribution < -0.4 is 10.1 Å². The molecular formula is C22H21NO7. The van der Waals surface area contributed by atoms with Gasteiger partial charge in [0, 0.05) is 29.0 Å². The predicted molar refractivity (Wildman–Crippen MR) is 110 cm³/mol. The molecular weight excluding hydrogens is 390 g/mol. The third-order valence-corrected chi connectivity index (χ3v) is 4.26. The van der Waals surface area contributed by atoms with Gasteiger partial charge in [-0.3, -0.25) is 4.79 Å². The first kappa shape index (κ1) is 20.9. The number of ether oxygens (including phenoxy) is 3. The van der Waals surface area contributed by atoms with Crippen molar-refractivity contribution in [3.63, 3.8) is 0 Å². The van der Waals surface area contributed by atoms with E-state index in [0.717, 1.165) is 22.9 Å². The molecule has 1 unspecified atom stereocenters. The van der Waals surface area contributed by atoms with Crippen LogP contribution in [0.5, 0.6) is 5.75 Å². The summed E-state index contributed by atoms with van der Waals surface area (Å²) in [5.74, 6) is -1.65. The monoisotopic (exact) mass is 411 g/mol. The molecule has 1 atom stereocenters. The van der Waals surface area contributed by atoms with Crippen LogP contribution in [-0.4, -0.2) is 37.7 Å². The Morgan fingerprint density at radius 3 is 2.53 bits per heavy atom. The van der Waals surface area contributed by atoms with E-state index in [1.54, 1.807) is 19.1 Å². The Morgan fingerprint density at radius 2 is 1.80 bits per heavy atom. The minimum atomic E-state index is -1.11. The zero-order valence-corrected chi connectivity index (χ0v) is 16.8. The number of carbonyl (C=O) groups excluding carboxylic acids is 3. The second-order valence-electron chi connectivity index (χ2n) is 6.30. The van der Waals surface area contributed by atoms with Gasteiger partial charge in [-0.05, 0) is 26.0 Å². The normalized spacial score (nSPS) is 12.1. The highest BCUT2D eigenvalue weighted by Crippen LogP contribution is 2.36. The van der Waals surface area contributed by atoms with Crippen molar-refractivity contribution >= 4 is 45.5 Å². The van der Waals surface area contributed by atoms with Gasteiger partial charge in [-0.2, -0.15) is 0 Å². The van der Waals surface area contributed by atoms with Crippen molar-refractivity contribution in [2.24, 2.45) is 0 Å². The Labute approximate surface area is 172 Å². The fourth-order valence-electron chi connectivity index (χ4n) is 2.85. The van der Waals surface area contributed by atoms with E-state index in [4.69, 9.17) is 13.9 Å². The maximum Gasteiger partial charge on any atom is 0.331 e. The third-order valence-electron chi connectivity index (χ3n) is 4.26. The zero-order chi connectivity index (χ0) is 21.7. The van der Waals surface area contributed by atoms with Crippen LogP contribution in [0.2, 0.25) is 0 Å². The van der Waals surface area contributed by atoms with Crippen molar-refractivity contribution in [1.82, 2.24) is 0 Å². The van der Waals surface area contributed by atoms with E-state index in [9.17, 15) is 14.4 Å². The van der Waals surface area contributed by atoms with Gasteiger partial charge in [0.1, 0.15) is 16.9 Å². The number of anilines is 1. The van der Waals surface area contributed by atoms with E-state index >= 15 is 0 Å². The molecule has 3 aromatic rings. The fourth-order valence-corrected chi connectivity index (χ4v) is 2.85. The number of methoxy groups -OCH3 is 1. The summed E-state index contributed by atoms with van der Waals surface area (Å²) in [5.41, 5.74) is 1.67. The van der Waals surface area contributed by atoms with Gasteiger partial charge in [-0.25, -0.2) is 9.59 Å². The smallest absolute Gasteiger partial charge is 0.331 e. The maximum atomic E-state index is 12.5. The number of furan rings is 1. The van der Waals surface area contributed by atoms with Gasteiger partial charge in [0.25, 0.3) is 5.91 Å². The van der Waals surface area contributed by atoms with E-state index in [1.807, 2.05) is 24.3 Å². The lowest BCUT2D eigenvalue weighted by atomic mass is 10.1. The Balaban J connectivity index is 1.74. The molecule has 0 spiro atoms. The largest absolute Gasteiger partial charge is 0.495 e. The van der Waals surface area contributed by atoms with Crippen molar-refractivity contribution in [3.05, 3.63) is 48.6 Å². The van der Waals surface area contributed by atoms with Crippen molar-refractivity contribution in [2.75, 3.05) is 19.0 Å². The molecule has 0 aliphatic heterocycles. The lowest BCUT2D eigenvalue weighted by Gasteiger charge is -2.14. The van der Waals surface area contributed by atoms with Gasteiger partial charge in [0.15, 0.2) is 6.10 Å². The molecule has 30 heavy (non-hydrogen) atoms. The van der Waals surface area contributed by atoms with Crippen LogP contribution in [0.15, 0.2) is 53.0 Å². The average Bonchev–Trinajstić information content (AvgIpc) is 3.09. The first-order chi connectivity index (χ1) is 14.4. The maximum absolute atomic E-state index is 12.5. The molecule has 0 aliphatic rings. The van der Waals surface area contributed by atoms with Gasteiger partial charge >= 0.3 is 11.9 Å². The summed E-state index contributed by atoms with van der Waals surface area (Å²) in [6, 6.07) is 11.0. The summed E-state index contributed by atoms with van der Waals surface area (Å²) in [6.07, 6.45) is 0.734. The lowest BCUT2D eigenvalue weighted by molar-refractivity contribution is -0.148. The Bertz CT molecular complexity index is 1130. The van der Waals surface area contributed by atoms with Gasteiger partial charge in [0.05, 0.1) is 19.4 Å². The van der Waals surface area contributed by atoms with E-state index in [0.29, 0.717) is 22.6 Å². The number of hydrogen-bond donors (Lipinski definition) is 1. The van der Waals surface area contributed by atoms with Gasteiger partial charge in [0.2, 0.25) is 0 Å². The highest BCUT2D eigenvalue weighted by Gasteiger charge is 2.20. The summed E-state index contributed by atoms with van der Waals surface area (Å²) in [4.78, 5) is 35.5. The predicted octanol–water partition coefficient (Wildman–Crippen LogP) is 3.58. The van der Waals surface area contributed by atoms with Crippen molar-refractivity contribution < 1.29 is 33.0 Å². The SMILES string of the molecule is CCOC(=O)C=CC(=O)OC(C)C(=O)Nc1cc2oc3ccccc3c2cc1OC. The van der Waals surface area contributed by atoms with Crippen LogP contribution in [0.4, 0.5) is 5.69 Å². The fraction of sp³-hybridized carbons (Fsp3) is 0.227. The summed E-state index contributed by atoms with van der Waals surface area (Å²) in [5, 5.41) is 4.45. The molecule has 1 N–H and O–H groups in total. The first-order valence-corrected chi connectivity index (χ1v) is 9.28. The minimum absolute atomic E-state index is 0.189. The van der Waals surface area contributed by atoms with Gasteiger partial charge < -0.3 is 23.9 Å². The first-order valence-electron chi connectivity index (χ1n) is 9.28. The average molecular weight is 411 g/mol. The molecule has 1 heterocycles. The minimum Gasteiger partial charge on any atom is -0.495 e. The molecule has 0 aliphatic carbocycles. The van der Waals surface area contributed by atoms with Crippen LogP contribution in [0.1, 0.15) is 13.8 Å². The molecule has 0 fully saturated rings. The summed E-state index contributed by atoms with van der Waals surface area (Å²) in [7, 11) is 1.49. The summed E-state index contributed by atoms with van der Waals surface area (Å²) in [6.45, 7) is 3.25. The number of benzene rings is 2. The number of fused-ring (bicyclic) bond motifs is 3. The molecule has 0 saturated carbocycles. The van der Waals surface area contributed by atoms with Crippen molar-refractivity contribution in [2.45, 2.75) is 20.0 Å². The summed E-state index contributed by atoms with van der Waals surface area (Å²) < 4.78 is 20.9. The highest BCUT2D eigenvalue weighted by molar-refractivity contribution is 6.08. The molecule has 0 bridgehead atoms. The van der Waals surface area contributed by atoms with E-state index in [1.165, 1.54) is 14.0 Å². The van der Waals surface area contributed by atoms with Crippen molar-refractivity contribution in [1.29, 1.82) is 0 Å². The number of hydrogen-bond acceptors (Lipinski definition) is 7. The van der Waals surface area contributed by atoms with Gasteiger partial charge in [-0.15, -0.1) is 0 Å². The molecule has 3 rings (SSSR count). The number of amides is 1. The van der Waals surface area contributed by atoms with Gasteiger partial charge in [-0.1, -0.05) is 18.2 Å². The quantitative estimate of drug-likeness (QED) is 0.468. The lowest BCUT2D eigenvalue weighted by Crippen LogP contribution is -2.29. The number of rotatable bonds is 7. The van der Waals surface area contributed by atoms with E-state index in [-0.39, 0.29) is 6.61 Å². The molecule has 8 heteroatoms. The van der Waals surface area contributed by atoms with Crippen LogP contribution in [0.3, 0.4) is 0 Å². The Hall–Kier alpha value is -3.81. The number of esters is 2. The van der Waals surface area contributed by atoms with Crippen LogP contribution in [0.25, 0.3) is 21.9 Å². The standard InChI is InChI=1S/C22H21NO7/c1-4-28-20(24)9-10-21(25)29-13(2)22(26)23-16-12-18-15(11-19(16)27-3)14-7-5-6-8-17(14)30-18/h5-13H,4H2,1-3H3,(H,23,26). The Morgan fingerprint density at radius 1 is 1.07 bits per heavy atom. The molecule has 0 saturated heterocycles. The number of nitrogens with one attached hydrogen (secondary N) is 1. The molecule has 8 nitrogen and oxygen atoms in total. The summed E-state index contributed by atoms with van der Waals surface area (Å²) >= 11 is 0. The second kappa shape index (κ2) is 9.13. The third kappa shape index (κ3) is 4.60. The van der Waals surface area contributed by atoms with E-state index < -0.39 is 23.9 Å². The van der Waals surface area contributed by atoms with E-state index in [2.05, 4.69) is 10.1 Å². The highest BCUT2D eigenvalue weighted by atomic mass is 16.5. The molecule has 1 aromatic heterocycles. The number of carbonyl (C=O) groups is 3. The topological polar surface area (TPSA) is 104 Å². The molecule has 0 radical (unpaired) electrons. The molecule has 156 valence electrons. The number of para-hydroxylation sites is 1. The second-order valence-corrected chi connectivity index (χ2v) is 6.30. The zero-order valence-electron chi connectivity index (χ0n) is 16.8. The Kier molecular flexibility index (Phi) is 6.36. The van der Waals surface area contributed by atoms with Crippen LogP contribution in [0, 0.1) is 0 Å². The molecule has 2 aromatic carbocycles. The molecule has 1 amide bonds. The van der Waals surface area contributed by atoms with Crippen LogP contribution in [-0.2, 0) is 23.9 Å².